The monoisotopic (exact) mass is 475 g/mol. The summed E-state index contributed by atoms with van der Waals surface area (Å²) >= 11 is 0. The van der Waals surface area contributed by atoms with Gasteiger partial charge in [0, 0.05) is 35.7 Å². The number of phenolic OH excluding ortho intramolecular Hbond substituents is 1. The zero-order valence-electron chi connectivity index (χ0n) is 20.1. The van der Waals surface area contributed by atoms with Gasteiger partial charge in [0.05, 0.1) is 17.4 Å². The summed E-state index contributed by atoms with van der Waals surface area (Å²) in [5, 5.41) is 15.1. The Labute approximate surface area is 210 Å². The van der Waals surface area contributed by atoms with E-state index < -0.39 is 0 Å². The van der Waals surface area contributed by atoms with Crippen molar-refractivity contribution in [3.05, 3.63) is 108 Å². The van der Waals surface area contributed by atoms with Gasteiger partial charge in [-0.05, 0) is 54.2 Å². The number of aryl methyl sites for hydroxylation is 1. The van der Waals surface area contributed by atoms with E-state index in [1.165, 1.54) is 5.56 Å². The smallest absolute Gasteiger partial charge is 0.220 e. The third kappa shape index (κ3) is 5.47. The third-order valence-corrected chi connectivity index (χ3v) is 6.47. The van der Waals surface area contributed by atoms with Crippen molar-refractivity contribution in [2.24, 2.45) is 0 Å². The number of carbonyl (C=O) groups excluding carboxylic acids is 1. The summed E-state index contributed by atoms with van der Waals surface area (Å²) in [6.07, 6.45) is 6.96. The zero-order chi connectivity index (χ0) is 24.7. The van der Waals surface area contributed by atoms with E-state index in [0.717, 1.165) is 58.1 Å². The summed E-state index contributed by atoms with van der Waals surface area (Å²) in [4.78, 5) is 19.7. The van der Waals surface area contributed by atoms with Gasteiger partial charge in [-0.3, -0.25) is 9.78 Å². The number of pyridine rings is 1. The lowest BCUT2D eigenvalue weighted by molar-refractivity contribution is -0.121. The second kappa shape index (κ2) is 10.9. The molecule has 2 aromatic heterocycles. The number of benzene rings is 3. The number of fused-ring (bicyclic) bond motifs is 1. The van der Waals surface area contributed by atoms with Crippen LogP contribution in [-0.2, 0) is 17.8 Å². The number of hydrogen-bond acceptors (Lipinski definition) is 3. The lowest BCUT2D eigenvalue weighted by atomic mass is 9.99. The molecule has 0 aliphatic heterocycles. The Morgan fingerprint density at radius 3 is 2.47 bits per heavy atom. The fourth-order valence-corrected chi connectivity index (χ4v) is 4.46. The summed E-state index contributed by atoms with van der Waals surface area (Å²) in [5.41, 5.74) is 6.54. The van der Waals surface area contributed by atoms with E-state index in [1.807, 2.05) is 72.8 Å². The predicted octanol–water partition coefficient (Wildman–Crippen LogP) is 6.63. The van der Waals surface area contributed by atoms with E-state index in [9.17, 15) is 9.90 Å². The summed E-state index contributed by atoms with van der Waals surface area (Å²) in [6, 6.07) is 28.0. The Balaban J connectivity index is 1.18. The summed E-state index contributed by atoms with van der Waals surface area (Å²) in [7, 11) is 0. The highest BCUT2D eigenvalue weighted by molar-refractivity contribution is 5.88. The van der Waals surface area contributed by atoms with Gasteiger partial charge >= 0.3 is 0 Å². The number of aromatic nitrogens is 2. The molecule has 2 heterocycles. The van der Waals surface area contributed by atoms with E-state index >= 15 is 0 Å². The van der Waals surface area contributed by atoms with Crippen LogP contribution in [-0.4, -0.2) is 21.0 Å². The van der Waals surface area contributed by atoms with E-state index in [1.54, 1.807) is 12.4 Å². The molecule has 5 nitrogen and oxygen atoms in total. The van der Waals surface area contributed by atoms with Crippen LogP contribution in [0.3, 0.4) is 0 Å². The highest BCUT2D eigenvalue weighted by Gasteiger charge is 2.13. The van der Waals surface area contributed by atoms with Gasteiger partial charge in [0.15, 0.2) is 0 Å². The molecule has 0 fully saturated rings. The molecule has 0 unspecified atom stereocenters. The number of nitrogens with one attached hydrogen (secondary N) is 2. The van der Waals surface area contributed by atoms with Crippen LogP contribution in [0.5, 0.6) is 5.75 Å². The first-order valence-electron chi connectivity index (χ1n) is 12.3. The van der Waals surface area contributed by atoms with Crippen LogP contribution < -0.4 is 5.32 Å². The van der Waals surface area contributed by atoms with Crippen molar-refractivity contribution in [1.82, 2.24) is 15.3 Å². The van der Waals surface area contributed by atoms with Gasteiger partial charge in [0.2, 0.25) is 5.91 Å². The van der Waals surface area contributed by atoms with E-state index in [2.05, 4.69) is 27.4 Å². The molecule has 180 valence electrons. The minimum absolute atomic E-state index is 0.0750. The van der Waals surface area contributed by atoms with Crippen molar-refractivity contribution in [1.29, 1.82) is 0 Å². The molecule has 0 spiro atoms. The molecule has 0 radical (unpaired) electrons. The number of H-pyrrole nitrogens is 1. The maximum atomic E-state index is 12.2. The minimum Gasteiger partial charge on any atom is -0.507 e. The quantitative estimate of drug-likeness (QED) is 0.209. The first kappa shape index (κ1) is 23.4. The second-order valence-corrected chi connectivity index (χ2v) is 9.01. The maximum absolute atomic E-state index is 12.2. The van der Waals surface area contributed by atoms with Crippen molar-refractivity contribution >= 4 is 16.8 Å². The zero-order valence-corrected chi connectivity index (χ0v) is 20.1. The Morgan fingerprint density at radius 1 is 0.861 bits per heavy atom. The van der Waals surface area contributed by atoms with Gasteiger partial charge in [-0.1, -0.05) is 66.7 Å². The van der Waals surface area contributed by atoms with Crippen molar-refractivity contribution in [2.75, 3.05) is 0 Å². The molecule has 0 saturated heterocycles. The number of hydrogen-bond donors (Lipinski definition) is 3. The molecular formula is C31H29N3O2. The van der Waals surface area contributed by atoms with Crippen LogP contribution in [0.25, 0.3) is 33.3 Å². The van der Waals surface area contributed by atoms with Crippen LogP contribution in [0.15, 0.2) is 97.3 Å². The van der Waals surface area contributed by atoms with Gasteiger partial charge in [-0.25, -0.2) is 0 Å². The number of carbonyl (C=O) groups is 1. The summed E-state index contributed by atoms with van der Waals surface area (Å²) in [5.74, 6) is 0.305. The standard InChI is InChI=1S/C31H29N3O2/c35-30(12-5-4-9-22-7-2-1-3-8-22)33-20-23-13-15-24(16-14-23)26-10-6-11-27(31(26)36)28-19-25-17-18-32-21-29(25)34-28/h1-3,6-8,10-11,13-19,21,34,36H,4-5,9,12,20H2,(H,33,35). The Hall–Kier alpha value is -4.38. The molecule has 36 heavy (non-hydrogen) atoms. The lowest BCUT2D eigenvalue weighted by Gasteiger charge is -2.10. The molecule has 5 aromatic rings. The van der Waals surface area contributed by atoms with Crippen LogP contribution >= 0.6 is 0 Å². The van der Waals surface area contributed by atoms with Crippen molar-refractivity contribution in [2.45, 2.75) is 32.2 Å². The molecule has 5 rings (SSSR count). The Morgan fingerprint density at radius 2 is 1.67 bits per heavy atom. The summed E-state index contributed by atoms with van der Waals surface area (Å²) < 4.78 is 0. The number of nitrogens with zero attached hydrogens (tertiary/aromatic N) is 1. The van der Waals surface area contributed by atoms with E-state index in [-0.39, 0.29) is 11.7 Å². The molecule has 0 saturated carbocycles. The number of aromatic amines is 1. The first-order valence-corrected chi connectivity index (χ1v) is 12.3. The molecule has 1 amide bonds. The maximum Gasteiger partial charge on any atom is 0.220 e. The molecule has 0 aliphatic rings. The van der Waals surface area contributed by atoms with Gasteiger partial charge in [-0.15, -0.1) is 0 Å². The number of amides is 1. The minimum atomic E-state index is 0.0750. The molecule has 0 atom stereocenters. The Kier molecular flexibility index (Phi) is 7.08. The second-order valence-electron chi connectivity index (χ2n) is 9.01. The average molecular weight is 476 g/mol. The molecule has 5 heteroatoms. The summed E-state index contributed by atoms with van der Waals surface area (Å²) in [6.45, 7) is 0.493. The van der Waals surface area contributed by atoms with Gasteiger partial charge in [0.1, 0.15) is 5.75 Å². The fourth-order valence-electron chi connectivity index (χ4n) is 4.46. The number of unbranched alkanes of at least 4 members (excludes halogenated alkanes) is 1. The molecular weight excluding hydrogens is 446 g/mol. The molecule has 3 N–H and O–H groups in total. The van der Waals surface area contributed by atoms with Crippen LogP contribution in [0.2, 0.25) is 0 Å². The number of phenols is 1. The van der Waals surface area contributed by atoms with Crippen LogP contribution in [0, 0.1) is 0 Å². The van der Waals surface area contributed by atoms with E-state index in [4.69, 9.17) is 0 Å². The first-order chi connectivity index (χ1) is 17.7. The normalized spacial score (nSPS) is 11.0. The van der Waals surface area contributed by atoms with Crippen LogP contribution in [0.4, 0.5) is 0 Å². The highest BCUT2D eigenvalue weighted by Crippen LogP contribution is 2.38. The third-order valence-electron chi connectivity index (χ3n) is 6.47. The lowest BCUT2D eigenvalue weighted by Crippen LogP contribution is -2.22. The van der Waals surface area contributed by atoms with Crippen molar-refractivity contribution < 1.29 is 9.90 Å². The van der Waals surface area contributed by atoms with Gasteiger partial charge < -0.3 is 15.4 Å². The van der Waals surface area contributed by atoms with Crippen molar-refractivity contribution in [3.8, 4) is 28.1 Å². The van der Waals surface area contributed by atoms with Gasteiger partial charge in [0.25, 0.3) is 0 Å². The Bertz CT molecular complexity index is 1420. The average Bonchev–Trinajstić information content (AvgIpc) is 3.35. The van der Waals surface area contributed by atoms with E-state index in [0.29, 0.717) is 13.0 Å². The fraction of sp³-hybridized carbons (Fsp3) is 0.161. The molecule has 0 bridgehead atoms. The van der Waals surface area contributed by atoms with Crippen LogP contribution in [0.1, 0.15) is 30.4 Å². The predicted molar refractivity (Wildman–Crippen MR) is 144 cm³/mol. The number of aromatic hydroxyl groups is 1. The van der Waals surface area contributed by atoms with Crippen molar-refractivity contribution in [3.63, 3.8) is 0 Å². The highest BCUT2D eigenvalue weighted by atomic mass is 16.3. The number of para-hydroxylation sites is 1. The largest absolute Gasteiger partial charge is 0.507 e. The topological polar surface area (TPSA) is 78.0 Å². The van der Waals surface area contributed by atoms with Gasteiger partial charge in [-0.2, -0.15) is 0 Å². The molecule has 0 aliphatic carbocycles. The number of rotatable bonds is 9. The molecule has 3 aromatic carbocycles. The SMILES string of the molecule is O=C(CCCCc1ccccc1)NCc1ccc(-c2cccc(-c3cc4ccncc4[nH]3)c2O)cc1.